The summed E-state index contributed by atoms with van der Waals surface area (Å²) < 4.78 is 1.81. The summed E-state index contributed by atoms with van der Waals surface area (Å²) in [6.45, 7) is 0. The van der Waals surface area contributed by atoms with E-state index in [1.807, 2.05) is 22.9 Å². The summed E-state index contributed by atoms with van der Waals surface area (Å²) in [7, 11) is 0. The van der Waals surface area contributed by atoms with Crippen LogP contribution in [0.25, 0.3) is 17.0 Å². The molecule has 17 heavy (non-hydrogen) atoms. The number of rotatable bonds is 2. The van der Waals surface area contributed by atoms with Gasteiger partial charge in [-0.05, 0) is 12.1 Å². The van der Waals surface area contributed by atoms with E-state index in [0.29, 0.717) is 16.5 Å². The molecule has 3 rings (SSSR count). The van der Waals surface area contributed by atoms with Gasteiger partial charge < -0.3 is 10.7 Å². The zero-order valence-corrected chi connectivity index (χ0v) is 9.48. The third kappa shape index (κ3) is 1.48. The smallest absolute Gasteiger partial charge is 0.182 e. The van der Waals surface area contributed by atoms with Gasteiger partial charge in [-0.25, -0.2) is 15.0 Å². The molecule has 3 heterocycles. The first-order valence-electron chi connectivity index (χ1n) is 4.89. The van der Waals surface area contributed by atoms with Crippen molar-refractivity contribution in [2.24, 2.45) is 5.73 Å². The van der Waals surface area contributed by atoms with E-state index >= 15 is 0 Å². The Kier molecular flexibility index (Phi) is 2.12. The van der Waals surface area contributed by atoms with Gasteiger partial charge in [0.1, 0.15) is 16.8 Å². The molecule has 3 N–H and O–H groups in total. The molecule has 0 saturated heterocycles. The first kappa shape index (κ1) is 9.91. The van der Waals surface area contributed by atoms with Crippen LogP contribution >= 0.6 is 12.2 Å². The number of nitrogens with zero attached hydrogens (tertiary/aromatic N) is 4. The number of nitrogens with two attached hydrogens (primary N) is 1. The normalized spacial score (nSPS) is 10.8. The molecule has 0 amide bonds. The average Bonchev–Trinajstić information content (AvgIpc) is 2.97. The monoisotopic (exact) mass is 244 g/mol. The maximum Gasteiger partial charge on any atom is 0.182 e. The number of nitrogens with one attached hydrogen (secondary N) is 1. The highest BCUT2D eigenvalue weighted by atomic mass is 32.1. The van der Waals surface area contributed by atoms with Crippen LogP contribution in [0.5, 0.6) is 0 Å². The van der Waals surface area contributed by atoms with Crippen molar-refractivity contribution < 1.29 is 0 Å². The third-order valence-corrected chi connectivity index (χ3v) is 2.64. The van der Waals surface area contributed by atoms with Crippen LogP contribution in [0.2, 0.25) is 0 Å². The van der Waals surface area contributed by atoms with Gasteiger partial charge in [-0.2, -0.15) is 0 Å². The summed E-state index contributed by atoms with van der Waals surface area (Å²) in [5, 5.41) is 0. The van der Waals surface area contributed by atoms with Gasteiger partial charge in [0.25, 0.3) is 0 Å². The number of fused-ring (bicyclic) bond motifs is 1. The molecule has 0 aliphatic carbocycles. The zero-order chi connectivity index (χ0) is 11.8. The maximum atomic E-state index is 5.66. The number of hydrogen-bond donors (Lipinski definition) is 2. The first-order chi connectivity index (χ1) is 8.27. The average molecular weight is 244 g/mol. The predicted molar refractivity (Wildman–Crippen MR) is 66.9 cm³/mol. The number of aromatic nitrogens is 5. The minimum Gasteiger partial charge on any atom is -0.388 e. The van der Waals surface area contributed by atoms with Gasteiger partial charge in [0.15, 0.2) is 11.5 Å². The molecule has 0 unspecified atom stereocenters. The van der Waals surface area contributed by atoms with Crippen LogP contribution in [-0.4, -0.2) is 29.5 Å². The Bertz CT molecular complexity index is 697. The number of H-pyrrole nitrogens is 1. The Morgan fingerprint density at radius 1 is 1.35 bits per heavy atom. The van der Waals surface area contributed by atoms with Crippen LogP contribution in [0.4, 0.5) is 0 Å². The lowest BCUT2D eigenvalue weighted by Crippen LogP contribution is -2.15. The van der Waals surface area contributed by atoms with E-state index in [0.717, 1.165) is 11.2 Å². The molecule has 0 bridgehead atoms. The van der Waals surface area contributed by atoms with E-state index in [-0.39, 0.29) is 0 Å². The Morgan fingerprint density at radius 3 is 3.06 bits per heavy atom. The minimum atomic E-state index is 0.321. The van der Waals surface area contributed by atoms with Crippen molar-refractivity contribution in [3.63, 3.8) is 0 Å². The fraction of sp³-hybridized carbons (Fsp3) is 0. The third-order valence-electron chi connectivity index (χ3n) is 2.43. The SMILES string of the molecule is NC(=S)c1cccn1-c1ncnc2nc[nH]c12. The van der Waals surface area contributed by atoms with E-state index in [2.05, 4.69) is 19.9 Å². The van der Waals surface area contributed by atoms with Crippen LogP contribution < -0.4 is 5.73 Å². The topological polar surface area (TPSA) is 85.4 Å². The van der Waals surface area contributed by atoms with E-state index < -0.39 is 0 Å². The standard InChI is InChI=1S/C10H8N6S/c11-8(17)6-2-1-3-16(6)10-7-9(13-4-12-7)14-5-15-10/h1-5H,(H2,11,17)(H,12,13,14,15). The Labute approximate surface area is 102 Å². The molecule has 7 heteroatoms. The van der Waals surface area contributed by atoms with Crippen LogP contribution in [0.3, 0.4) is 0 Å². The molecule has 0 saturated carbocycles. The molecule has 0 aliphatic heterocycles. The van der Waals surface area contributed by atoms with Crippen LogP contribution in [-0.2, 0) is 0 Å². The summed E-state index contributed by atoms with van der Waals surface area (Å²) in [6.07, 6.45) is 4.88. The van der Waals surface area contributed by atoms with Gasteiger partial charge in [0.05, 0.1) is 12.0 Å². The molecular formula is C10H8N6S. The van der Waals surface area contributed by atoms with Crippen LogP contribution in [0.15, 0.2) is 31.0 Å². The van der Waals surface area contributed by atoms with Crippen LogP contribution in [0, 0.1) is 0 Å². The molecule has 6 nitrogen and oxygen atoms in total. The number of imidazole rings is 1. The second-order valence-corrected chi connectivity index (χ2v) is 3.87. The second kappa shape index (κ2) is 3.63. The molecule has 84 valence electrons. The summed E-state index contributed by atoms with van der Waals surface area (Å²) in [4.78, 5) is 15.7. The lowest BCUT2D eigenvalue weighted by atomic mass is 10.4. The van der Waals surface area contributed by atoms with E-state index in [4.69, 9.17) is 18.0 Å². The van der Waals surface area contributed by atoms with Crippen molar-refractivity contribution in [3.8, 4) is 5.82 Å². The maximum absolute atomic E-state index is 5.66. The van der Waals surface area contributed by atoms with E-state index in [1.54, 1.807) is 6.33 Å². The van der Waals surface area contributed by atoms with Gasteiger partial charge >= 0.3 is 0 Å². The first-order valence-corrected chi connectivity index (χ1v) is 5.30. The Hall–Kier alpha value is -2.28. The van der Waals surface area contributed by atoms with Gasteiger partial charge in [0.2, 0.25) is 0 Å². The Balaban J connectivity index is 2.30. The largest absolute Gasteiger partial charge is 0.388 e. The van der Waals surface area contributed by atoms with Crippen molar-refractivity contribution in [1.29, 1.82) is 0 Å². The highest BCUT2D eigenvalue weighted by Gasteiger charge is 2.11. The Morgan fingerprint density at radius 2 is 2.24 bits per heavy atom. The molecule has 0 aliphatic rings. The lowest BCUT2D eigenvalue weighted by Gasteiger charge is -2.07. The number of aromatic amines is 1. The molecule has 0 aromatic carbocycles. The summed E-state index contributed by atoms with van der Waals surface area (Å²) in [5.41, 5.74) is 7.75. The summed E-state index contributed by atoms with van der Waals surface area (Å²) in [6, 6.07) is 3.70. The van der Waals surface area contributed by atoms with E-state index in [1.165, 1.54) is 6.33 Å². The lowest BCUT2D eigenvalue weighted by molar-refractivity contribution is 0.990. The van der Waals surface area contributed by atoms with Gasteiger partial charge in [0, 0.05) is 6.20 Å². The summed E-state index contributed by atoms with van der Waals surface area (Å²) in [5.74, 6) is 0.681. The van der Waals surface area contributed by atoms with Crippen molar-refractivity contribution in [2.75, 3.05) is 0 Å². The molecule has 3 aromatic rings. The second-order valence-electron chi connectivity index (χ2n) is 3.43. The van der Waals surface area contributed by atoms with Gasteiger partial charge in [-0.3, -0.25) is 4.57 Å². The highest BCUT2D eigenvalue weighted by Crippen LogP contribution is 2.16. The fourth-order valence-corrected chi connectivity index (χ4v) is 1.87. The molecule has 0 fully saturated rings. The number of thiocarbonyl (C=S) groups is 1. The number of hydrogen-bond acceptors (Lipinski definition) is 4. The quantitative estimate of drug-likeness (QED) is 0.651. The molecular weight excluding hydrogens is 236 g/mol. The van der Waals surface area contributed by atoms with Crippen molar-refractivity contribution in [1.82, 2.24) is 24.5 Å². The van der Waals surface area contributed by atoms with E-state index in [9.17, 15) is 0 Å². The van der Waals surface area contributed by atoms with Crippen molar-refractivity contribution in [3.05, 3.63) is 36.7 Å². The predicted octanol–water partition coefficient (Wildman–Crippen LogP) is 0.778. The van der Waals surface area contributed by atoms with Crippen LogP contribution in [0.1, 0.15) is 5.69 Å². The fourth-order valence-electron chi connectivity index (χ4n) is 1.70. The molecule has 0 atom stereocenters. The molecule has 0 spiro atoms. The molecule has 3 aromatic heterocycles. The van der Waals surface area contributed by atoms with Gasteiger partial charge in [-0.15, -0.1) is 0 Å². The van der Waals surface area contributed by atoms with Crippen molar-refractivity contribution in [2.45, 2.75) is 0 Å². The molecule has 0 radical (unpaired) electrons. The summed E-state index contributed by atoms with van der Waals surface area (Å²) >= 11 is 4.99. The zero-order valence-electron chi connectivity index (χ0n) is 8.66. The highest BCUT2D eigenvalue weighted by molar-refractivity contribution is 7.80. The minimum absolute atomic E-state index is 0.321. The van der Waals surface area contributed by atoms with Crippen molar-refractivity contribution >= 4 is 28.4 Å². The van der Waals surface area contributed by atoms with Gasteiger partial charge in [-0.1, -0.05) is 12.2 Å².